The van der Waals surface area contributed by atoms with E-state index in [1.165, 1.54) is 0 Å². The lowest BCUT2D eigenvalue weighted by Crippen LogP contribution is -2.53. The molecule has 0 aromatic carbocycles. The van der Waals surface area contributed by atoms with Gasteiger partial charge in [-0.2, -0.15) is 0 Å². The Morgan fingerprint density at radius 3 is 2.75 bits per heavy atom. The van der Waals surface area contributed by atoms with E-state index in [9.17, 15) is 9.59 Å². The van der Waals surface area contributed by atoms with E-state index in [0.29, 0.717) is 12.1 Å². The molecule has 0 saturated carbocycles. The molecule has 24 heavy (non-hydrogen) atoms. The molecule has 1 unspecified atom stereocenters. The molecule has 0 aliphatic carbocycles. The molecule has 1 saturated heterocycles. The number of H-pyrrole nitrogens is 1. The third-order valence-corrected chi connectivity index (χ3v) is 5.13. The molecule has 2 aromatic rings. The van der Waals surface area contributed by atoms with Crippen molar-refractivity contribution in [2.75, 3.05) is 13.1 Å². The molecule has 1 atom stereocenters. The average molecular weight is 326 g/mol. The first-order valence-corrected chi connectivity index (χ1v) is 8.62. The molecule has 4 heterocycles. The van der Waals surface area contributed by atoms with Gasteiger partial charge in [0.1, 0.15) is 11.7 Å². The van der Waals surface area contributed by atoms with Gasteiger partial charge in [-0.1, -0.05) is 13.8 Å². The molecular weight excluding hydrogens is 304 g/mol. The Balaban J connectivity index is 1.72. The topological polar surface area (TPSA) is 69.3 Å². The summed E-state index contributed by atoms with van der Waals surface area (Å²) in [4.78, 5) is 37.1. The maximum atomic E-state index is 13.0. The summed E-state index contributed by atoms with van der Waals surface area (Å²) in [6, 6.07) is 1.53. The number of nitrogens with one attached hydrogen (secondary N) is 1. The molecule has 2 aliphatic rings. The second kappa shape index (κ2) is 5.61. The van der Waals surface area contributed by atoms with Gasteiger partial charge in [-0.3, -0.25) is 9.59 Å². The maximum absolute atomic E-state index is 13.0. The number of hydrogen-bond donors (Lipinski definition) is 1. The molecule has 6 nitrogen and oxygen atoms in total. The summed E-state index contributed by atoms with van der Waals surface area (Å²) in [7, 11) is 0. The maximum Gasteiger partial charge on any atom is 0.257 e. The van der Waals surface area contributed by atoms with Crippen LogP contribution in [0.1, 0.15) is 42.6 Å². The van der Waals surface area contributed by atoms with Gasteiger partial charge in [0.2, 0.25) is 5.91 Å². The molecule has 0 bridgehead atoms. The van der Waals surface area contributed by atoms with Crippen molar-refractivity contribution in [1.29, 1.82) is 0 Å². The number of aromatic nitrogens is 2. The van der Waals surface area contributed by atoms with Crippen LogP contribution in [0.15, 0.2) is 18.5 Å². The smallest absolute Gasteiger partial charge is 0.257 e. The number of amides is 2. The zero-order valence-electron chi connectivity index (χ0n) is 14.1. The number of pyridine rings is 1. The quantitative estimate of drug-likeness (QED) is 0.940. The van der Waals surface area contributed by atoms with Crippen LogP contribution in [-0.2, 0) is 11.3 Å². The molecule has 1 fully saturated rings. The largest absolute Gasteiger partial charge is 0.345 e. The number of carbonyl (C=O) groups excluding carboxylic acids is 2. The molecule has 0 radical (unpaired) electrons. The van der Waals surface area contributed by atoms with Gasteiger partial charge in [-0.15, -0.1) is 0 Å². The lowest BCUT2D eigenvalue weighted by Gasteiger charge is -2.37. The number of hydrogen-bond acceptors (Lipinski definition) is 3. The van der Waals surface area contributed by atoms with Crippen LogP contribution in [0.3, 0.4) is 0 Å². The monoisotopic (exact) mass is 326 g/mol. The summed E-state index contributed by atoms with van der Waals surface area (Å²) >= 11 is 0. The second-order valence-corrected chi connectivity index (χ2v) is 7.05. The van der Waals surface area contributed by atoms with Gasteiger partial charge in [0.15, 0.2) is 0 Å². The fraction of sp³-hybridized carbons (Fsp3) is 0.500. The van der Waals surface area contributed by atoms with Gasteiger partial charge in [-0.25, -0.2) is 4.98 Å². The molecule has 2 aliphatic heterocycles. The molecule has 1 N–H and O–H groups in total. The number of likely N-dealkylation sites (tertiary alicyclic amines) is 1. The van der Waals surface area contributed by atoms with Crippen LogP contribution in [0, 0.1) is 5.92 Å². The van der Waals surface area contributed by atoms with Crippen molar-refractivity contribution in [3.8, 4) is 0 Å². The Bertz CT molecular complexity index is 804. The van der Waals surface area contributed by atoms with E-state index < -0.39 is 6.04 Å². The first-order valence-electron chi connectivity index (χ1n) is 8.62. The van der Waals surface area contributed by atoms with E-state index in [2.05, 4.69) is 9.97 Å². The van der Waals surface area contributed by atoms with Crippen LogP contribution in [0.4, 0.5) is 0 Å². The molecular formula is C18H22N4O2. The summed E-state index contributed by atoms with van der Waals surface area (Å²) in [5.41, 5.74) is 2.41. The van der Waals surface area contributed by atoms with Crippen molar-refractivity contribution < 1.29 is 9.59 Å². The minimum atomic E-state index is -0.415. The van der Waals surface area contributed by atoms with E-state index in [4.69, 9.17) is 0 Å². The van der Waals surface area contributed by atoms with Crippen molar-refractivity contribution in [2.24, 2.45) is 5.92 Å². The average Bonchev–Trinajstić information content (AvgIpc) is 3.22. The van der Waals surface area contributed by atoms with Gasteiger partial charge in [0, 0.05) is 37.4 Å². The van der Waals surface area contributed by atoms with Crippen molar-refractivity contribution >= 4 is 22.8 Å². The zero-order valence-corrected chi connectivity index (χ0v) is 14.1. The molecule has 126 valence electrons. The van der Waals surface area contributed by atoms with Gasteiger partial charge < -0.3 is 14.8 Å². The summed E-state index contributed by atoms with van der Waals surface area (Å²) in [6.07, 6.45) is 5.57. The Morgan fingerprint density at radius 1 is 1.29 bits per heavy atom. The van der Waals surface area contributed by atoms with Crippen molar-refractivity contribution in [2.45, 2.75) is 39.3 Å². The highest BCUT2D eigenvalue weighted by molar-refractivity contribution is 6.10. The molecule has 0 spiro atoms. The first kappa shape index (κ1) is 15.2. The van der Waals surface area contributed by atoms with E-state index in [1.54, 1.807) is 17.3 Å². The minimum absolute atomic E-state index is 0.0693. The molecule has 4 rings (SSSR count). The van der Waals surface area contributed by atoms with Gasteiger partial charge in [0.05, 0.1) is 5.56 Å². The lowest BCUT2D eigenvalue weighted by molar-refractivity contribution is -0.136. The second-order valence-electron chi connectivity index (χ2n) is 7.05. The number of nitrogens with zero attached hydrogens (tertiary/aromatic N) is 3. The minimum Gasteiger partial charge on any atom is -0.345 e. The molecule has 2 amide bonds. The summed E-state index contributed by atoms with van der Waals surface area (Å²) in [6.45, 7) is 6.10. The summed E-state index contributed by atoms with van der Waals surface area (Å²) in [5.74, 6) is 0.0769. The van der Waals surface area contributed by atoms with Crippen LogP contribution in [0.2, 0.25) is 0 Å². The van der Waals surface area contributed by atoms with Crippen molar-refractivity contribution in [1.82, 2.24) is 19.8 Å². The van der Waals surface area contributed by atoms with Crippen molar-refractivity contribution in [3.63, 3.8) is 0 Å². The highest BCUT2D eigenvalue weighted by Crippen LogP contribution is 2.31. The van der Waals surface area contributed by atoms with Crippen LogP contribution < -0.4 is 0 Å². The Morgan fingerprint density at radius 2 is 2.04 bits per heavy atom. The third-order valence-electron chi connectivity index (χ3n) is 5.13. The number of carbonyl (C=O) groups is 2. The first-order chi connectivity index (χ1) is 11.6. The van der Waals surface area contributed by atoms with Gasteiger partial charge in [0.25, 0.3) is 5.91 Å². The number of aromatic amines is 1. The van der Waals surface area contributed by atoms with Crippen molar-refractivity contribution in [3.05, 3.63) is 29.6 Å². The Labute approximate surface area is 140 Å². The van der Waals surface area contributed by atoms with Crippen LogP contribution in [0.25, 0.3) is 11.0 Å². The van der Waals surface area contributed by atoms with E-state index in [-0.39, 0.29) is 17.7 Å². The van der Waals surface area contributed by atoms with Gasteiger partial charge in [-0.05, 0) is 30.4 Å². The summed E-state index contributed by atoms with van der Waals surface area (Å²) in [5, 5.41) is 0.898. The van der Waals surface area contributed by atoms with E-state index in [0.717, 1.165) is 42.5 Å². The Hall–Kier alpha value is -2.37. The van der Waals surface area contributed by atoms with Crippen LogP contribution in [0.5, 0.6) is 0 Å². The van der Waals surface area contributed by atoms with Crippen LogP contribution in [-0.4, -0.2) is 50.7 Å². The SMILES string of the molecule is CC(C)C(C(=O)N1CCCC1)N1Cc2ccnc3[nH]cc(c23)C1=O. The third kappa shape index (κ3) is 2.20. The summed E-state index contributed by atoms with van der Waals surface area (Å²) < 4.78 is 0. The number of rotatable bonds is 3. The highest BCUT2D eigenvalue weighted by Gasteiger charge is 2.39. The Kier molecular flexibility index (Phi) is 3.55. The van der Waals surface area contributed by atoms with Crippen LogP contribution >= 0.6 is 0 Å². The predicted octanol–water partition coefficient (Wildman–Crippen LogP) is 2.17. The predicted molar refractivity (Wildman–Crippen MR) is 90.4 cm³/mol. The fourth-order valence-electron chi connectivity index (χ4n) is 3.96. The highest BCUT2D eigenvalue weighted by atomic mass is 16.2. The zero-order chi connectivity index (χ0) is 16.8. The molecule has 6 heteroatoms. The van der Waals surface area contributed by atoms with E-state index in [1.807, 2.05) is 24.8 Å². The normalized spacial score (nSPS) is 18.7. The molecule has 2 aromatic heterocycles. The lowest BCUT2D eigenvalue weighted by atomic mass is 9.95. The van der Waals surface area contributed by atoms with Gasteiger partial charge >= 0.3 is 0 Å². The fourth-order valence-corrected chi connectivity index (χ4v) is 3.96. The van der Waals surface area contributed by atoms with E-state index >= 15 is 0 Å². The standard InChI is InChI=1S/C18H22N4O2/c1-11(2)15(18(24)21-7-3-4-8-21)22-10-12-5-6-19-16-14(12)13(9-20-16)17(22)23/h5-6,9,11,15H,3-4,7-8,10H2,1-2H3,(H,19,20).